The number of hydrogen-bond donors (Lipinski definition) is 2. The van der Waals surface area contributed by atoms with Gasteiger partial charge in [0.15, 0.2) is 5.82 Å². The van der Waals surface area contributed by atoms with E-state index in [9.17, 15) is 4.79 Å². The largest absolute Gasteiger partial charge is 0.367 e. The molecule has 1 aliphatic carbocycles. The summed E-state index contributed by atoms with van der Waals surface area (Å²) >= 11 is 0. The highest BCUT2D eigenvalue weighted by atomic mass is 16.1. The molecule has 2 aromatic heterocycles. The fourth-order valence-electron chi connectivity index (χ4n) is 3.41. The molecule has 1 fully saturated rings. The summed E-state index contributed by atoms with van der Waals surface area (Å²) in [6, 6.07) is 15.7. The second kappa shape index (κ2) is 8.61. The lowest BCUT2D eigenvalue weighted by Gasteiger charge is -2.15. The molecule has 28 heavy (non-hydrogen) atoms. The quantitative estimate of drug-likeness (QED) is 0.687. The van der Waals surface area contributed by atoms with Crippen LogP contribution in [0.2, 0.25) is 0 Å². The first kappa shape index (κ1) is 18.1. The molecule has 1 amide bonds. The van der Waals surface area contributed by atoms with E-state index in [-0.39, 0.29) is 5.91 Å². The summed E-state index contributed by atoms with van der Waals surface area (Å²) in [5.41, 5.74) is 2.19. The number of amides is 1. The third-order valence-electron chi connectivity index (χ3n) is 4.87. The summed E-state index contributed by atoms with van der Waals surface area (Å²) in [5.74, 6) is 1.03. The van der Waals surface area contributed by atoms with Gasteiger partial charge in [0, 0.05) is 36.6 Å². The van der Waals surface area contributed by atoms with Crippen LogP contribution < -0.4 is 10.6 Å². The van der Waals surface area contributed by atoms with Crippen molar-refractivity contribution in [2.24, 2.45) is 0 Å². The Morgan fingerprint density at radius 3 is 2.61 bits per heavy atom. The zero-order chi connectivity index (χ0) is 19.2. The van der Waals surface area contributed by atoms with Gasteiger partial charge < -0.3 is 10.6 Å². The average molecular weight is 373 g/mol. The second-order valence-corrected chi connectivity index (χ2v) is 7.00. The monoisotopic (exact) mass is 373 g/mol. The SMILES string of the molecule is O=C(NCc1cccnc1)c1cc(NC2CCCC2)nc(-c2ccccc2)n1. The standard InChI is InChI=1S/C22H23N5O/c28-22(24-15-16-7-6-12-23-14-16)19-13-20(25-18-10-4-5-11-18)27-21(26-19)17-8-2-1-3-9-17/h1-3,6-9,12-14,18H,4-5,10-11,15H2,(H,24,28)(H,25,26,27). The lowest BCUT2D eigenvalue weighted by molar-refractivity contribution is 0.0946. The normalized spacial score (nSPS) is 14.0. The molecular weight excluding hydrogens is 350 g/mol. The van der Waals surface area contributed by atoms with Crippen molar-refractivity contribution in [2.45, 2.75) is 38.3 Å². The molecule has 0 atom stereocenters. The lowest BCUT2D eigenvalue weighted by Crippen LogP contribution is -2.25. The molecule has 1 aromatic carbocycles. The first-order valence-electron chi connectivity index (χ1n) is 9.66. The second-order valence-electron chi connectivity index (χ2n) is 7.00. The summed E-state index contributed by atoms with van der Waals surface area (Å²) in [5, 5.41) is 6.40. The van der Waals surface area contributed by atoms with Crippen LogP contribution in [-0.2, 0) is 6.54 Å². The Bertz CT molecular complexity index is 924. The van der Waals surface area contributed by atoms with Crippen LogP contribution in [0.25, 0.3) is 11.4 Å². The minimum absolute atomic E-state index is 0.224. The van der Waals surface area contributed by atoms with Crippen molar-refractivity contribution in [3.8, 4) is 11.4 Å². The van der Waals surface area contributed by atoms with Gasteiger partial charge in [-0.1, -0.05) is 49.2 Å². The molecule has 4 rings (SSSR count). The Labute approximate surface area is 164 Å². The van der Waals surface area contributed by atoms with Gasteiger partial charge >= 0.3 is 0 Å². The van der Waals surface area contributed by atoms with Gasteiger partial charge in [0.25, 0.3) is 5.91 Å². The average Bonchev–Trinajstić information content (AvgIpc) is 3.26. The zero-order valence-electron chi connectivity index (χ0n) is 15.6. The molecule has 2 heterocycles. The maximum absolute atomic E-state index is 12.7. The molecular formula is C22H23N5O. The third kappa shape index (κ3) is 4.52. The molecule has 1 aliphatic rings. The van der Waals surface area contributed by atoms with Crippen molar-refractivity contribution in [2.75, 3.05) is 5.32 Å². The van der Waals surface area contributed by atoms with Gasteiger partial charge in [0.2, 0.25) is 0 Å². The van der Waals surface area contributed by atoms with E-state index in [1.54, 1.807) is 18.5 Å². The van der Waals surface area contributed by atoms with Gasteiger partial charge in [0.05, 0.1) is 0 Å². The highest BCUT2D eigenvalue weighted by Gasteiger charge is 2.18. The fourth-order valence-corrected chi connectivity index (χ4v) is 3.41. The maximum Gasteiger partial charge on any atom is 0.270 e. The van der Waals surface area contributed by atoms with Crippen LogP contribution in [0.4, 0.5) is 5.82 Å². The van der Waals surface area contributed by atoms with Gasteiger partial charge in [-0.05, 0) is 24.5 Å². The molecule has 0 spiro atoms. The number of carbonyl (C=O) groups is 1. The first-order chi connectivity index (χ1) is 13.8. The molecule has 0 saturated heterocycles. The number of anilines is 1. The van der Waals surface area contributed by atoms with Crippen LogP contribution >= 0.6 is 0 Å². The summed E-state index contributed by atoms with van der Waals surface area (Å²) in [6.45, 7) is 0.405. The number of carbonyl (C=O) groups excluding carboxylic acids is 1. The number of nitrogens with zero attached hydrogens (tertiary/aromatic N) is 3. The number of benzene rings is 1. The summed E-state index contributed by atoms with van der Waals surface area (Å²) < 4.78 is 0. The van der Waals surface area contributed by atoms with E-state index >= 15 is 0 Å². The predicted molar refractivity (Wildman–Crippen MR) is 109 cm³/mol. The van der Waals surface area contributed by atoms with Crippen LogP contribution in [0.15, 0.2) is 60.9 Å². The Morgan fingerprint density at radius 1 is 1.04 bits per heavy atom. The van der Waals surface area contributed by atoms with Crippen molar-refractivity contribution in [3.63, 3.8) is 0 Å². The number of rotatable bonds is 6. The Hall–Kier alpha value is -3.28. The molecule has 2 N–H and O–H groups in total. The first-order valence-corrected chi connectivity index (χ1v) is 9.66. The van der Waals surface area contributed by atoms with E-state index in [0.717, 1.165) is 24.0 Å². The van der Waals surface area contributed by atoms with Crippen molar-refractivity contribution >= 4 is 11.7 Å². The molecule has 142 valence electrons. The van der Waals surface area contributed by atoms with E-state index in [0.29, 0.717) is 29.9 Å². The Kier molecular flexibility index (Phi) is 5.56. The molecule has 3 aromatic rings. The summed E-state index contributed by atoms with van der Waals surface area (Å²) in [4.78, 5) is 26.0. The van der Waals surface area contributed by atoms with Crippen molar-refractivity contribution < 1.29 is 4.79 Å². The van der Waals surface area contributed by atoms with E-state index in [1.165, 1.54) is 12.8 Å². The van der Waals surface area contributed by atoms with Crippen LogP contribution in [-0.4, -0.2) is 26.9 Å². The van der Waals surface area contributed by atoms with Gasteiger partial charge in [-0.25, -0.2) is 9.97 Å². The van der Waals surface area contributed by atoms with Crippen LogP contribution in [0.1, 0.15) is 41.7 Å². The highest BCUT2D eigenvalue weighted by molar-refractivity contribution is 5.93. The van der Waals surface area contributed by atoms with E-state index in [4.69, 9.17) is 0 Å². The van der Waals surface area contributed by atoms with Gasteiger partial charge in [-0.3, -0.25) is 9.78 Å². The number of pyridine rings is 1. The highest BCUT2D eigenvalue weighted by Crippen LogP contribution is 2.23. The molecule has 6 nitrogen and oxygen atoms in total. The van der Waals surface area contributed by atoms with Crippen molar-refractivity contribution in [1.29, 1.82) is 0 Å². The third-order valence-corrected chi connectivity index (χ3v) is 4.87. The van der Waals surface area contributed by atoms with Crippen LogP contribution in [0, 0.1) is 0 Å². The molecule has 0 bridgehead atoms. The van der Waals surface area contributed by atoms with Gasteiger partial charge in [0.1, 0.15) is 11.5 Å². The van der Waals surface area contributed by atoms with E-state index in [1.807, 2.05) is 42.5 Å². The molecule has 0 radical (unpaired) electrons. The minimum atomic E-state index is -0.224. The van der Waals surface area contributed by atoms with Crippen molar-refractivity contribution in [1.82, 2.24) is 20.3 Å². The van der Waals surface area contributed by atoms with Gasteiger partial charge in [-0.2, -0.15) is 0 Å². The van der Waals surface area contributed by atoms with E-state index in [2.05, 4.69) is 25.6 Å². The summed E-state index contributed by atoms with van der Waals surface area (Å²) in [7, 11) is 0. The molecule has 0 unspecified atom stereocenters. The predicted octanol–water partition coefficient (Wildman–Crippen LogP) is 3.82. The zero-order valence-corrected chi connectivity index (χ0v) is 15.6. The lowest BCUT2D eigenvalue weighted by atomic mass is 10.2. The Balaban J connectivity index is 1.58. The minimum Gasteiger partial charge on any atom is -0.367 e. The number of nitrogens with one attached hydrogen (secondary N) is 2. The van der Waals surface area contributed by atoms with Crippen LogP contribution in [0.3, 0.4) is 0 Å². The van der Waals surface area contributed by atoms with Crippen molar-refractivity contribution in [3.05, 3.63) is 72.2 Å². The maximum atomic E-state index is 12.7. The smallest absolute Gasteiger partial charge is 0.270 e. The number of hydrogen-bond acceptors (Lipinski definition) is 5. The Morgan fingerprint density at radius 2 is 1.86 bits per heavy atom. The molecule has 0 aliphatic heterocycles. The van der Waals surface area contributed by atoms with Gasteiger partial charge in [-0.15, -0.1) is 0 Å². The number of aromatic nitrogens is 3. The molecule has 6 heteroatoms. The van der Waals surface area contributed by atoms with Crippen LogP contribution in [0.5, 0.6) is 0 Å². The topological polar surface area (TPSA) is 79.8 Å². The fraction of sp³-hybridized carbons (Fsp3) is 0.273. The van der Waals surface area contributed by atoms with E-state index < -0.39 is 0 Å². The summed E-state index contributed by atoms with van der Waals surface area (Å²) in [6.07, 6.45) is 8.17. The molecule has 1 saturated carbocycles.